The predicted molar refractivity (Wildman–Crippen MR) is 122 cm³/mol. The van der Waals surface area contributed by atoms with E-state index in [0.717, 1.165) is 40.8 Å². The molecule has 3 aromatic rings. The molecule has 0 unspecified atom stereocenters. The molecule has 0 spiro atoms. The first-order valence-electron chi connectivity index (χ1n) is 8.89. The van der Waals surface area contributed by atoms with Gasteiger partial charge in [0, 0.05) is 24.2 Å². The van der Waals surface area contributed by atoms with Crippen LogP contribution in [0, 0.1) is 0 Å². The van der Waals surface area contributed by atoms with Crippen LogP contribution in [-0.2, 0) is 13.1 Å². The van der Waals surface area contributed by atoms with Gasteiger partial charge in [0.2, 0.25) is 0 Å². The Hall–Kier alpha value is -2.62. The highest BCUT2D eigenvalue weighted by molar-refractivity contribution is 14.0. The number of benzene rings is 2. The zero-order valence-corrected chi connectivity index (χ0v) is 18.3. The van der Waals surface area contributed by atoms with Gasteiger partial charge in [-0.25, -0.2) is 9.98 Å². The standard InChI is InChI=1S/C20H24N6O.HI/c1-3-21-20(23-13-17-8-4-5-10-18(17)27-2)22-12-15-7-6-9-16(11-15)19-24-14-25-26-19;/h4-11,14H,3,12-13H2,1-2H3,(H2,21,22,23)(H,24,25,26);1H. The van der Waals surface area contributed by atoms with E-state index in [4.69, 9.17) is 4.74 Å². The number of aliphatic imine (C=N–C) groups is 1. The van der Waals surface area contributed by atoms with E-state index < -0.39 is 0 Å². The molecule has 0 aliphatic rings. The Morgan fingerprint density at radius 3 is 2.75 bits per heavy atom. The van der Waals surface area contributed by atoms with E-state index in [2.05, 4.69) is 36.9 Å². The number of aromatic nitrogens is 3. The third-order valence-corrected chi connectivity index (χ3v) is 4.02. The Bertz CT molecular complexity index is 882. The molecule has 0 aliphatic heterocycles. The van der Waals surface area contributed by atoms with E-state index in [-0.39, 0.29) is 24.0 Å². The Morgan fingerprint density at radius 2 is 2.00 bits per heavy atom. The molecule has 0 saturated heterocycles. The number of guanidine groups is 1. The van der Waals surface area contributed by atoms with E-state index >= 15 is 0 Å². The number of para-hydroxylation sites is 1. The van der Waals surface area contributed by atoms with Crippen LogP contribution >= 0.6 is 24.0 Å². The number of ether oxygens (including phenoxy) is 1. The summed E-state index contributed by atoms with van der Waals surface area (Å²) in [6.45, 7) is 4.03. The van der Waals surface area contributed by atoms with Crippen LogP contribution in [0.25, 0.3) is 11.4 Å². The highest BCUT2D eigenvalue weighted by atomic mass is 127. The first kappa shape index (κ1) is 21.7. The summed E-state index contributed by atoms with van der Waals surface area (Å²) >= 11 is 0. The van der Waals surface area contributed by atoms with Crippen LogP contribution in [0.5, 0.6) is 5.75 Å². The van der Waals surface area contributed by atoms with Gasteiger partial charge in [-0.15, -0.1) is 24.0 Å². The van der Waals surface area contributed by atoms with Crippen molar-refractivity contribution in [3.63, 3.8) is 0 Å². The second kappa shape index (κ2) is 11.3. The average molecular weight is 492 g/mol. The summed E-state index contributed by atoms with van der Waals surface area (Å²) in [7, 11) is 1.68. The predicted octanol–water partition coefficient (Wildman–Crippen LogP) is 3.35. The second-order valence-electron chi connectivity index (χ2n) is 5.90. The fraction of sp³-hybridized carbons (Fsp3) is 0.250. The molecule has 7 nitrogen and oxygen atoms in total. The molecule has 0 atom stereocenters. The summed E-state index contributed by atoms with van der Waals surface area (Å²) in [6.07, 6.45) is 1.51. The van der Waals surface area contributed by atoms with Crippen molar-refractivity contribution in [1.29, 1.82) is 0 Å². The van der Waals surface area contributed by atoms with Crippen molar-refractivity contribution in [1.82, 2.24) is 25.8 Å². The maximum absolute atomic E-state index is 5.40. The largest absolute Gasteiger partial charge is 0.496 e. The van der Waals surface area contributed by atoms with Crippen molar-refractivity contribution in [3.05, 3.63) is 66.0 Å². The normalized spacial score (nSPS) is 10.9. The number of hydrogen-bond acceptors (Lipinski definition) is 4. The van der Waals surface area contributed by atoms with Gasteiger partial charge in [-0.05, 0) is 24.6 Å². The van der Waals surface area contributed by atoms with Crippen LogP contribution in [0.4, 0.5) is 0 Å². The molecule has 148 valence electrons. The van der Waals surface area contributed by atoms with E-state index in [9.17, 15) is 0 Å². The average Bonchev–Trinajstić information content (AvgIpc) is 3.25. The van der Waals surface area contributed by atoms with Gasteiger partial charge in [-0.1, -0.05) is 36.4 Å². The van der Waals surface area contributed by atoms with Crippen molar-refractivity contribution in [3.8, 4) is 17.1 Å². The zero-order valence-electron chi connectivity index (χ0n) is 16.0. The Kier molecular flexibility index (Phi) is 8.73. The van der Waals surface area contributed by atoms with E-state index in [1.165, 1.54) is 6.33 Å². The Morgan fingerprint density at radius 1 is 1.14 bits per heavy atom. The first-order valence-corrected chi connectivity index (χ1v) is 8.89. The fourth-order valence-corrected chi connectivity index (χ4v) is 2.70. The zero-order chi connectivity index (χ0) is 18.9. The number of methoxy groups -OCH3 is 1. The van der Waals surface area contributed by atoms with Crippen molar-refractivity contribution < 1.29 is 4.74 Å². The molecule has 2 aromatic carbocycles. The molecule has 0 amide bonds. The van der Waals surface area contributed by atoms with Crippen LogP contribution in [0.3, 0.4) is 0 Å². The van der Waals surface area contributed by atoms with Gasteiger partial charge in [-0.3, -0.25) is 5.10 Å². The molecule has 0 saturated carbocycles. The quantitative estimate of drug-likeness (QED) is 0.268. The number of nitrogens with zero attached hydrogens (tertiary/aromatic N) is 3. The molecule has 1 heterocycles. The lowest BCUT2D eigenvalue weighted by Crippen LogP contribution is -2.36. The third kappa shape index (κ3) is 5.95. The summed E-state index contributed by atoms with van der Waals surface area (Å²) < 4.78 is 5.40. The molecule has 1 aromatic heterocycles. The van der Waals surface area contributed by atoms with E-state index in [1.54, 1.807) is 7.11 Å². The van der Waals surface area contributed by atoms with Crippen LogP contribution in [0.2, 0.25) is 0 Å². The second-order valence-corrected chi connectivity index (χ2v) is 5.90. The minimum atomic E-state index is 0. The minimum Gasteiger partial charge on any atom is -0.496 e. The first-order chi connectivity index (χ1) is 13.3. The molecule has 0 radical (unpaired) electrons. The molecule has 0 bridgehead atoms. The Balaban J connectivity index is 0.00000280. The van der Waals surface area contributed by atoms with Gasteiger partial charge < -0.3 is 15.4 Å². The highest BCUT2D eigenvalue weighted by Crippen LogP contribution is 2.17. The van der Waals surface area contributed by atoms with Crippen molar-refractivity contribution in [2.45, 2.75) is 20.0 Å². The van der Waals surface area contributed by atoms with Gasteiger partial charge in [-0.2, -0.15) is 5.10 Å². The van der Waals surface area contributed by atoms with E-state index in [0.29, 0.717) is 13.1 Å². The number of nitrogens with one attached hydrogen (secondary N) is 3. The molecular formula is C20H25IN6O. The number of hydrogen-bond donors (Lipinski definition) is 3. The van der Waals surface area contributed by atoms with Gasteiger partial charge >= 0.3 is 0 Å². The van der Waals surface area contributed by atoms with Gasteiger partial charge in [0.1, 0.15) is 12.1 Å². The van der Waals surface area contributed by atoms with Crippen molar-refractivity contribution in [2.24, 2.45) is 4.99 Å². The number of halogens is 1. The topological polar surface area (TPSA) is 87.2 Å². The van der Waals surface area contributed by atoms with Crippen LogP contribution in [-0.4, -0.2) is 34.8 Å². The molecule has 0 fully saturated rings. The molecular weight excluding hydrogens is 467 g/mol. The maximum Gasteiger partial charge on any atom is 0.191 e. The molecule has 28 heavy (non-hydrogen) atoms. The smallest absolute Gasteiger partial charge is 0.191 e. The molecule has 0 aliphatic carbocycles. The fourth-order valence-electron chi connectivity index (χ4n) is 2.70. The summed E-state index contributed by atoms with van der Waals surface area (Å²) in [5.74, 6) is 2.37. The van der Waals surface area contributed by atoms with Gasteiger partial charge in [0.15, 0.2) is 11.8 Å². The minimum absolute atomic E-state index is 0. The van der Waals surface area contributed by atoms with Crippen molar-refractivity contribution in [2.75, 3.05) is 13.7 Å². The summed E-state index contributed by atoms with van der Waals surface area (Å²) in [4.78, 5) is 8.88. The summed E-state index contributed by atoms with van der Waals surface area (Å²) in [5.41, 5.74) is 3.17. The lowest BCUT2D eigenvalue weighted by Gasteiger charge is -2.13. The van der Waals surface area contributed by atoms with Gasteiger partial charge in [0.05, 0.1) is 13.7 Å². The van der Waals surface area contributed by atoms with Gasteiger partial charge in [0.25, 0.3) is 0 Å². The lowest BCUT2D eigenvalue weighted by molar-refractivity contribution is 0.409. The monoisotopic (exact) mass is 492 g/mol. The number of H-pyrrole nitrogens is 1. The lowest BCUT2D eigenvalue weighted by atomic mass is 10.1. The summed E-state index contributed by atoms with van der Waals surface area (Å²) in [6, 6.07) is 16.1. The maximum atomic E-state index is 5.40. The van der Waals surface area contributed by atoms with Crippen LogP contribution in [0.15, 0.2) is 59.9 Å². The number of rotatable bonds is 7. The van der Waals surface area contributed by atoms with Crippen molar-refractivity contribution >= 4 is 29.9 Å². The highest BCUT2D eigenvalue weighted by Gasteiger charge is 2.05. The molecule has 8 heteroatoms. The van der Waals surface area contributed by atoms with Crippen LogP contribution < -0.4 is 15.4 Å². The van der Waals surface area contributed by atoms with Crippen LogP contribution in [0.1, 0.15) is 18.1 Å². The molecule has 3 N–H and O–H groups in total. The Labute approximate surface area is 182 Å². The van der Waals surface area contributed by atoms with E-state index in [1.807, 2.05) is 49.4 Å². The number of aromatic amines is 1. The third-order valence-electron chi connectivity index (χ3n) is 4.02. The SMILES string of the molecule is CCNC(=NCc1cccc(-c2ncn[nH]2)c1)NCc1ccccc1OC.I. The summed E-state index contributed by atoms with van der Waals surface area (Å²) in [5, 5.41) is 13.4. The molecule has 3 rings (SSSR count).